The Balaban J connectivity index is 1.67. The van der Waals surface area contributed by atoms with Crippen molar-refractivity contribution in [3.63, 3.8) is 0 Å². The minimum atomic E-state index is -0.0630. The number of nitrogens with one attached hydrogen (secondary N) is 1. The van der Waals surface area contributed by atoms with Gasteiger partial charge in [-0.25, -0.2) is 4.98 Å². The molecule has 2 heterocycles. The zero-order valence-corrected chi connectivity index (χ0v) is 13.4. The highest BCUT2D eigenvalue weighted by Crippen LogP contribution is 2.22. The molecule has 0 atom stereocenters. The Bertz CT molecular complexity index is 1050. The van der Waals surface area contributed by atoms with E-state index in [0.29, 0.717) is 17.1 Å². The van der Waals surface area contributed by atoms with E-state index in [1.54, 1.807) is 0 Å². The molecule has 0 aliphatic carbocycles. The second-order valence-electron chi connectivity index (χ2n) is 5.54. The van der Waals surface area contributed by atoms with Gasteiger partial charge in [-0.2, -0.15) is 0 Å². The molecule has 0 aliphatic rings. The summed E-state index contributed by atoms with van der Waals surface area (Å²) >= 11 is 1.42. The molecule has 114 valence electrons. The third kappa shape index (κ3) is 2.59. The number of hydrogen-bond donors (Lipinski definition) is 1. The van der Waals surface area contributed by atoms with Gasteiger partial charge in [-0.05, 0) is 34.4 Å². The summed E-state index contributed by atoms with van der Waals surface area (Å²) < 4.78 is 0.683. The molecule has 0 saturated carbocycles. The van der Waals surface area contributed by atoms with E-state index < -0.39 is 0 Å². The fourth-order valence-corrected chi connectivity index (χ4v) is 3.45. The predicted molar refractivity (Wildman–Crippen MR) is 96.3 cm³/mol. The van der Waals surface area contributed by atoms with Crippen LogP contribution in [-0.2, 0) is 6.54 Å². The van der Waals surface area contributed by atoms with E-state index in [9.17, 15) is 4.79 Å². The Morgan fingerprint density at radius 2 is 1.96 bits per heavy atom. The van der Waals surface area contributed by atoms with Crippen LogP contribution in [0.25, 0.3) is 21.0 Å². The second kappa shape index (κ2) is 5.52. The summed E-state index contributed by atoms with van der Waals surface area (Å²) in [6.07, 6.45) is 0. The van der Waals surface area contributed by atoms with Crippen LogP contribution < -0.4 is 10.5 Å². The number of fused-ring (bicyclic) bond motifs is 2. The number of hydrogen-bond acceptors (Lipinski definition) is 4. The summed E-state index contributed by atoms with van der Waals surface area (Å²) in [6.45, 7) is 0.555. The molecule has 0 fully saturated rings. The first-order valence-electron chi connectivity index (χ1n) is 7.37. The summed E-state index contributed by atoms with van der Waals surface area (Å²) in [7, 11) is 2.00. The molecule has 4 nitrogen and oxygen atoms in total. The van der Waals surface area contributed by atoms with Crippen LogP contribution in [0.3, 0.4) is 0 Å². The van der Waals surface area contributed by atoms with E-state index in [0.717, 1.165) is 11.2 Å². The van der Waals surface area contributed by atoms with Crippen LogP contribution in [0.2, 0.25) is 0 Å². The van der Waals surface area contributed by atoms with Gasteiger partial charge in [0.05, 0.1) is 12.1 Å². The third-order valence-electron chi connectivity index (χ3n) is 3.92. The fourth-order valence-electron chi connectivity index (χ4n) is 2.73. The highest BCUT2D eigenvalue weighted by atomic mass is 32.1. The van der Waals surface area contributed by atoms with Crippen molar-refractivity contribution in [3.05, 3.63) is 70.1 Å². The minimum Gasteiger partial charge on any atom is -0.367 e. The first kappa shape index (κ1) is 14.0. The van der Waals surface area contributed by atoms with Crippen LogP contribution in [0.1, 0.15) is 5.82 Å². The normalized spacial score (nSPS) is 11.2. The fraction of sp³-hybridized carbons (Fsp3) is 0.111. The van der Waals surface area contributed by atoms with Crippen LogP contribution in [0.4, 0.5) is 5.69 Å². The zero-order valence-electron chi connectivity index (χ0n) is 12.6. The average molecular weight is 321 g/mol. The van der Waals surface area contributed by atoms with E-state index in [1.807, 2.05) is 30.6 Å². The van der Waals surface area contributed by atoms with Crippen LogP contribution in [0.15, 0.2) is 58.7 Å². The van der Waals surface area contributed by atoms with Crippen molar-refractivity contribution >= 4 is 38.0 Å². The maximum Gasteiger partial charge on any atom is 0.268 e. The molecule has 0 saturated heterocycles. The molecular formula is C18H15N3OS. The van der Waals surface area contributed by atoms with Crippen LogP contribution in [-0.4, -0.2) is 17.0 Å². The second-order valence-corrected chi connectivity index (χ2v) is 6.45. The van der Waals surface area contributed by atoms with Gasteiger partial charge in [0.25, 0.3) is 5.56 Å². The lowest BCUT2D eigenvalue weighted by Crippen LogP contribution is -2.21. The van der Waals surface area contributed by atoms with Gasteiger partial charge in [0.1, 0.15) is 10.5 Å². The molecule has 0 aliphatic heterocycles. The van der Waals surface area contributed by atoms with Gasteiger partial charge in [-0.3, -0.25) is 4.79 Å². The Labute approximate surface area is 137 Å². The van der Waals surface area contributed by atoms with Gasteiger partial charge in [0, 0.05) is 12.7 Å². The molecular weight excluding hydrogens is 306 g/mol. The SMILES string of the molecule is CN(Cc1nc2ccsc2c(=O)[nH]1)c1ccc2ccccc2c1. The van der Waals surface area contributed by atoms with Crippen molar-refractivity contribution in [3.8, 4) is 0 Å². The first-order valence-corrected chi connectivity index (χ1v) is 8.25. The molecule has 5 heteroatoms. The van der Waals surface area contributed by atoms with E-state index in [-0.39, 0.29) is 5.56 Å². The lowest BCUT2D eigenvalue weighted by Gasteiger charge is -2.19. The van der Waals surface area contributed by atoms with E-state index >= 15 is 0 Å². The van der Waals surface area contributed by atoms with E-state index in [1.165, 1.54) is 22.1 Å². The summed E-state index contributed by atoms with van der Waals surface area (Å²) in [4.78, 5) is 21.5. The largest absolute Gasteiger partial charge is 0.367 e. The van der Waals surface area contributed by atoms with Crippen molar-refractivity contribution in [2.24, 2.45) is 0 Å². The molecule has 4 rings (SSSR count). The van der Waals surface area contributed by atoms with Gasteiger partial charge in [-0.15, -0.1) is 11.3 Å². The lowest BCUT2D eigenvalue weighted by atomic mass is 10.1. The number of H-pyrrole nitrogens is 1. The first-order chi connectivity index (χ1) is 11.2. The quantitative estimate of drug-likeness (QED) is 0.625. The molecule has 1 N–H and O–H groups in total. The molecule has 2 aromatic carbocycles. The number of thiophene rings is 1. The van der Waals surface area contributed by atoms with Crippen LogP contribution in [0.5, 0.6) is 0 Å². The third-order valence-corrected chi connectivity index (χ3v) is 4.83. The Morgan fingerprint density at radius 1 is 1.13 bits per heavy atom. The summed E-state index contributed by atoms with van der Waals surface area (Å²) in [5.74, 6) is 0.677. The monoisotopic (exact) mass is 321 g/mol. The molecule has 0 spiro atoms. The molecule has 0 amide bonds. The molecule has 0 bridgehead atoms. The standard InChI is InChI=1S/C18H15N3OS/c1-21(14-7-6-12-4-2-3-5-13(12)10-14)11-16-19-15-8-9-23-17(15)18(22)20-16/h2-10H,11H2,1H3,(H,19,20,22). The van der Waals surface area contributed by atoms with Crippen LogP contribution >= 0.6 is 11.3 Å². The van der Waals surface area contributed by atoms with E-state index in [4.69, 9.17) is 0 Å². The van der Waals surface area contributed by atoms with E-state index in [2.05, 4.69) is 45.2 Å². The minimum absolute atomic E-state index is 0.0630. The highest BCUT2D eigenvalue weighted by Gasteiger charge is 2.08. The smallest absolute Gasteiger partial charge is 0.268 e. The Morgan fingerprint density at radius 3 is 2.83 bits per heavy atom. The van der Waals surface area contributed by atoms with Gasteiger partial charge in [-0.1, -0.05) is 30.3 Å². The zero-order chi connectivity index (χ0) is 15.8. The number of rotatable bonds is 3. The van der Waals surface area contributed by atoms with Crippen molar-refractivity contribution in [1.29, 1.82) is 0 Å². The summed E-state index contributed by atoms with van der Waals surface area (Å²) in [5.41, 5.74) is 1.80. The van der Waals surface area contributed by atoms with Crippen molar-refractivity contribution in [1.82, 2.24) is 9.97 Å². The molecule has 0 unspecified atom stereocenters. The maximum absolute atomic E-state index is 12.0. The molecule has 23 heavy (non-hydrogen) atoms. The average Bonchev–Trinajstić information content (AvgIpc) is 3.03. The van der Waals surface area contributed by atoms with Gasteiger partial charge in [0.15, 0.2) is 0 Å². The number of anilines is 1. The van der Waals surface area contributed by atoms with Gasteiger partial charge >= 0.3 is 0 Å². The summed E-state index contributed by atoms with van der Waals surface area (Å²) in [6, 6.07) is 16.5. The Hall–Kier alpha value is -2.66. The van der Waals surface area contributed by atoms with Gasteiger partial charge < -0.3 is 9.88 Å². The van der Waals surface area contributed by atoms with Crippen molar-refractivity contribution in [2.45, 2.75) is 6.54 Å². The topological polar surface area (TPSA) is 49.0 Å². The van der Waals surface area contributed by atoms with Crippen molar-refractivity contribution in [2.75, 3.05) is 11.9 Å². The van der Waals surface area contributed by atoms with Gasteiger partial charge in [0.2, 0.25) is 0 Å². The summed E-state index contributed by atoms with van der Waals surface area (Å²) in [5, 5.41) is 4.31. The Kier molecular flexibility index (Phi) is 3.35. The number of benzene rings is 2. The molecule has 4 aromatic rings. The number of nitrogens with zero attached hydrogens (tertiary/aromatic N) is 2. The molecule has 2 aromatic heterocycles. The maximum atomic E-state index is 12.0. The highest BCUT2D eigenvalue weighted by molar-refractivity contribution is 7.17. The predicted octanol–water partition coefficient (Wildman–Crippen LogP) is 3.77. The lowest BCUT2D eigenvalue weighted by molar-refractivity contribution is 0.842. The van der Waals surface area contributed by atoms with Crippen molar-refractivity contribution < 1.29 is 0 Å². The number of aromatic amines is 1. The van der Waals surface area contributed by atoms with Crippen LogP contribution in [0, 0.1) is 0 Å². The number of aromatic nitrogens is 2. The molecule has 0 radical (unpaired) electrons.